The molecule has 0 atom stereocenters. The van der Waals surface area contributed by atoms with Crippen LogP contribution in [0.4, 0.5) is 16.2 Å². The smallest absolute Gasteiger partial charge is 0.414 e. The summed E-state index contributed by atoms with van der Waals surface area (Å²) in [5.41, 5.74) is -0.129. The second-order valence-corrected chi connectivity index (χ2v) is 5.07. The molecule has 0 radical (unpaired) electrons. The zero-order chi connectivity index (χ0) is 18.1. The maximum Gasteiger partial charge on any atom is 0.414 e. The third-order valence-corrected chi connectivity index (χ3v) is 3.41. The second kappa shape index (κ2) is 9.71. The molecule has 1 rings (SSSR count). The number of halogens is 1. The van der Waals surface area contributed by atoms with Gasteiger partial charge in [0.05, 0.1) is 29.9 Å². The quantitative estimate of drug-likeness (QED) is 0.232. The SMILES string of the molecule is CCOC(=O)N(CCCCCl)c1cc([N+](=O)[O-])ccc1C(=O)OC. The summed E-state index contributed by atoms with van der Waals surface area (Å²) in [7, 11) is 1.19. The predicted octanol–water partition coefficient (Wildman–Crippen LogP) is 3.36. The van der Waals surface area contributed by atoms with E-state index < -0.39 is 17.0 Å². The molecule has 1 aromatic carbocycles. The normalized spacial score (nSPS) is 10.1. The number of nitro benzene ring substituents is 1. The fraction of sp³-hybridized carbons (Fsp3) is 0.467. The first-order chi connectivity index (χ1) is 11.5. The number of carbonyl (C=O) groups excluding carboxylic acids is 2. The lowest BCUT2D eigenvalue weighted by Crippen LogP contribution is -2.34. The van der Waals surface area contributed by atoms with Crippen LogP contribution in [0.25, 0.3) is 0 Å². The number of nitro groups is 1. The minimum atomic E-state index is -0.702. The first-order valence-corrected chi connectivity index (χ1v) is 7.86. The molecule has 0 saturated carbocycles. The van der Waals surface area contributed by atoms with E-state index in [1.807, 2.05) is 0 Å². The lowest BCUT2D eigenvalue weighted by atomic mass is 10.1. The van der Waals surface area contributed by atoms with Crippen LogP contribution in [0.5, 0.6) is 0 Å². The van der Waals surface area contributed by atoms with Crippen LogP contribution in [0, 0.1) is 10.1 Å². The molecular formula is C15H19ClN2O6. The topological polar surface area (TPSA) is 99.0 Å². The molecule has 9 heteroatoms. The van der Waals surface area contributed by atoms with Crippen molar-refractivity contribution in [1.82, 2.24) is 0 Å². The number of benzene rings is 1. The second-order valence-electron chi connectivity index (χ2n) is 4.70. The molecule has 8 nitrogen and oxygen atoms in total. The summed E-state index contributed by atoms with van der Waals surface area (Å²) in [5, 5.41) is 11.0. The van der Waals surface area contributed by atoms with E-state index in [0.29, 0.717) is 18.7 Å². The van der Waals surface area contributed by atoms with Gasteiger partial charge in [-0.2, -0.15) is 0 Å². The highest BCUT2D eigenvalue weighted by atomic mass is 35.5. The Morgan fingerprint density at radius 3 is 2.58 bits per heavy atom. The summed E-state index contributed by atoms with van der Waals surface area (Å²) in [5.74, 6) is -0.290. The highest BCUT2D eigenvalue weighted by molar-refractivity contribution is 6.17. The minimum Gasteiger partial charge on any atom is -0.465 e. The molecule has 0 aromatic heterocycles. The molecule has 0 spiro atoms. The summed E-state index contributed by atoms with van der Waals surface area (Å²) < 4.78 is 9.67. The van der Waals surface area contributed by atoms with Crippen molar-refractivity contribution >= 4 is 35.0 Å². The summed E-state index contributed by atoms with van der Waals surface area (Å²) in [6, 6.07) is 3.59. The third-order valence-electron chi connectivity index (χ3n) is 3.14. The molecule has 24 heavy (non-hydrogen) atoms. The van der Waals surface area contributed by atoms with Crippen LogP contribution in [0.15, 0.2) is 18.2 Å². The monoisotopic (exact) mass is 358 g/mol. The van der Waals surface area contributed by atoms with Crippen molar-refractivity contribution in [2.45, 2.75) is 19.8 Å². The molecule has 0 unspecified atom stereocenters. The fourth-order valence-electron chi connectivity index (χ4n) is 2.02. The van der Waals surface area contributed by atoms with Gasteiger partial charge in [-0.05, 0) is 25.8 Å². The molecule has 0 bridgehead atoms. The van der Waals surface area contributed by atoms with E-state index in [1.165, 1.54) is 24.1 Å². The number of anilines is 1. The van der Waals surface area contributed by atoms with E-state index in [0.717, 1.165) is 6.07 Å². The Morgan fingerprint density at radius 2 is 2.04 bits per heavy atom. The highest BCUT2D eigenvalue weighted by Gasteiger charge is 2.25. The summed E-state index contributed by atoms with van der Waals surface area (Å²) in [6.45, 7) is 1.98. The molecule has 0 N–H and O–H groups in total. The Balaban J connectivity index is 3.34. The third kappa shape index (κ3) is 5.09. The van der Waals surface area contributed by atoms with Crippen LogP contribution in [-0.2, 0) is 9.47 Å². The zero-order valence-electron chi connectivity index (χ0n) is 13.5. The van der Waals surface area contributed by atoms with Crippen LogP contribution in [-0.4, -0.2) is 43.1 Å². The van der Waals surface area contributed by atoms with E-state index >= 15 is 0 Å². The van der Waals surface area contributed by atoms with Crippen molar-refractivity contribution in [2.75, 3.05) is 31.0 Å². The van der Waals surface area contributed by atoms with Crippen LogP contribution in [0.3, 0.4) is 0 Å². The van der Waals surface area contributed by atoms with Crippen molar-refractivity contribution in [2.24, 2.45) is 0 Å². The van der Waals surface area contributed by atoms with Gasteiger partial charge in [-0.1, -0.05) is 0 Å². The van der Waals surface area contributed by atoms with Gasteiger partial charge in [-0.25, -0.2) is 9.59 Å². The van der Waals surface area contributed by atoms with Gasteiger partial charge >= 0.3 is 12.1 Å². The summed E-state index contributed by atoms with van der Waals surface area (Å²) >= 11 is 5.64. The number of esters is 1. The average Bonchev–Trinajstić information content (AvgIpc) is 2.57. The van der Waals surface area contributed by atoms with Crippen LogP contribution in [0.2, 0.25) is 0 Å². The number of alkyl halides is 1. The number of methoxy groups -OCH3 is 1. The van der Waals surface area contributed by atoms with Crippen molar-refractivity contribution in [1.29, 1.82) is 0 Å². The number of rotatable bonds is 8. The molecule has 0 fully saturated rings. The lowest BCUT2D eigenvalue weighted by molar-refractivity contribution is -0.384. The van der Waals surface area contributed by atoms with Crippen molar-refractivity contribution in [3.8, 4) is 0 Å². The van der Waals surface area contributed by atoms with Gasteiger partial charge in [0.15, 0.2) is 0 Å². The maximum atomic E-state index is 12.2. The Bertz CT molecular complexity index is 608. The van der Waals surface area contributed by atoms with E-state index in [4.69, 9.17) is 16.3 Å². The molecule has 1 aromatic rings. The number of carbonyl (C=O) groups is 2. The van der Waals surface area contributed by atoms with Crippen molar-refractivity contribution in [3.63, 3.8) is 0 Å². The average molecular weight is 359 g/mol. The highest BCUT2D eigenvalue weighted by Crippen LogP contribution is 2.28. The molecule has 0 aliphatic heterocycles. The van der Waals surface area contributed by atoms with Crippen LogP contribution in [0.1, 0.15) is 30.1 Å². The van der Waals surface area contributed by atoms with Gasteiger partial charge in [0.1, 0.15) is 0 Å². The predicted molar refractivity (Wildman–Crippen MR) is 88.8 cm³/mol. The van der Waals surface area contributed by atoms with E-state index in [1.54, 1.807) is 6.92 Å². The van der Waals surface area contributed by atoms with Crippen LogP contribution >= 0.6 is 11.6 Å². The molecule has 0 aliphatic rings. The number of nitrogens with zero attached hydrogens (tertiary/aromatic N) is 2. The van der Waals surface area contributed by atoms with Crippen molar-refractivity contribution < 1.29 is 24.0 Å². The van der Waals surface area contributed by atoms with Gasteiger partial charge in [-0.3, -0.25) is 15.0 Å². The van der Waals surface area contributed by atoms with Crippen molar-refractivity contribution in [3.05, 3.63) is 33.9 Å². The largest absolute Gasteiger partial charge is 0.465 e. The van der Waals surface area contributed by atoms with Gasteiger partial charge in [0, 0.05) is 24.6 Å². The van der Waals surface area contributed by atoms with Gasteiger partial charge in [-0.15, -0.1) is 11.6 Å². The van der Waals surface area contributed by atoms with E-state index in [2.05, 4.69) is 4.74 Å². The number of hydrogen-bond acceptors (Lipinski definition) is 6. The number of amides is 1. The lowest BCUT2D eigenvalue weighted by Gasteiger charge is -2.23. The summed E-state index contributed by atoms with van der Waals surface area (Å²) in [6.07, 6.45) is 0.490. The number of hydrogen-bond donors (Lipinski definition) is 0. The maximum absolute atomic E-state index is 12.2. The first-order valence-electron chi connectivity index (χ1n) is 7.33. The standard InChI is InChI=1S/C15H19ClN2O6/c1-3-24-15(20)17(9-5-4-8-16)13-10-11(18(21)22)6-7-12(13)14(19)23-2/h6-7,10H,3-5,8-9H2,1-2H3. The zero-order valence-corrected chi connectivity index (χ0v) is 14.2. The number of unbranched alkanes of at least 4 members (excludes halogenated alkanes) is 1. The van der Waals surface area contributed by atoms with Gasteiger partial charge in [0.2, 0.25) is 0 Å². The molecular weight excluding hydrogens is 340 g/mol. The van der Waals surface area contributed by atoms with Crippen LogP contribution < -0.4 is 4.90 Å². The molecule has 0 heterocycles. The number of ether oxygens (including phenoxy) is 2. The van der Waals surface area contributed by atoms with E-state index in [-0.39, 0.29) is 30.1 Å². The summed E-state index contributed by atoms with van der Waals surface area (Å²) in [4.78, 5) is 35.8. The fourth-order valence-corrected chi connectivity index (χ4v) is 2.20. The number of non-ortho nitro benzene ring substituents is 1. The molecule has 0 aliphatic carbocycles. The Hall–Kier alpha value is -2.35. The molecule has 0 saturated heterocycles. The minimum absolute atomic E-state index is 0.0435. The molecule has 1 amide bonds. The Kier molecular flexibility index (Phi) is 7.97. The van der Waals surface area contributed by atoms with Gasteiger partial charge < -0.3 is 9.47 Å². The Labute approximate surface area is 144 Å². The Morgan fingerprint density at radius 1 is 1.33 bits per heavy atom. The molecule has 132 valence electrons. The van der Waals surface area contributed by atoms with E-state index in [9.17, 15) is 19.7 Å². The first kappa shape index (κ1) is 19.7. The van der Waals surface area contributed by atoms with Gasteiger partial charge in [0.25, 0.3) is 5.69 Å².